The van der Waals surface area contributed by atoms with Gasteiger partial charge in [0.25, 0.3) is 5.91 Å². The highest BCUT2D eigenvalue weighted by atomic mass is 32.2. The van der Waals surface area contributed by atoms with Gasteiger partial charge in [-0.05, 0) is 57.2 Å². The molecule has 2 unspecified atom stereocenters. The van der Waals surface area contributed by atoms with Gasteiger partial charge in [0.2, 0.25) is 10.0 Å². The molecular weight excluding hydrogens is 480 g/mol. The number of aliphatic hydroxyl groups excluding tert-OH is 1. The normalized spacial score (nSPS) is 26.1. The third-order valence-electron chi connectivity index (χ3n) is 7.29. The fourth-order valence-corrected chi connectivity index (χ4v) is 8.12. The van der Waals surface area contributed by atoms with Gasteiger partial charge in [-0.3, -0.25) is 4.79 Å². The van der Waals surface area contributed by atoms with Gasteiger partial charge in [-0.25, -0.2) is 17.2 Å². The predicted molar refractivity (Wildman–Crippen MR) is 124 cm³/mol. The zero-order valence-corrected chi connectivity index (χ0v) is 20.0. The topological polar surface area (TPSA) is 112 Å². The predicted octanol–water partition coefficient (Wildman–Crippen LogP) is 2.78. The molecule has 2 saturated heterocycles. The molecule has 2 bridgehead atoms. The molecule has 8 nitrogen and oxygen atoms in total. The van der Waals surface area contributed by atoms with E-state index < -0.39 is 51.9 Å². The molecule has 3 N–H and O–H groups in total. The van der Waals surface area contributed by atoms with E-state index in [0.29, 0.717) is 31.5 Å². The number of piperidine rings is 1. The molecule has 1 aromatic carbocycles. The molecule has 0 saturated carbocycles. The summed E-state index contributed by atoms with van der Waals surface area (Å²) in [5.41, 5.74) is -0.441. The van der Waals surface area contributed by atoms with Crippen molar-refractivity contribution in [3.63, 3.8) is 0 Å². The summed E-state index contributed by atoms with van der Waals surface area (Å²) in [6.07, 6.45) is 5.60. The molecule has 2 aromatic rings. The standard InChI is InChI=1S/C24H27F2N3O5S/c1-14-21(23(31)27-15-5-8-18(25)19(26)10-15)28-9-3-2-4-20(28)22(14)35(33,34)29-16-6-7-17(29)12-24(32,11-16)13-30/h2,4-5,8,10,16-17,30,32H,3,6-7,9,11-13H2,1H3,(H,27,31). The van der Waals surface area contributed by atoms with E-state index in [1.807, 2.05) is 6.08 Å². The van der Waals surface area contributed by atoms with Crippen molar-refractivity contribution in [2.24, 2.45) is 0 Å². The van der Waals surface area contributed by atoms with E-state index in [0.717, 1.165) is 12.1 Å². The summed E-state index contributed by atoms with van der Waals surface area (Å²) in [6.45, 7) is 1.54. The first-order valence-corrected chi connectivity index (χ1v) is 13.0. The molecule has 0 spiro atoms. The third-order valence-corrected chi connectivity index (χ3v) is 9.47. The summed E-state index contributed by atoms with van der Waals surface area (Å²) in [7, 11) is -4.05. The lowest BCUT2D eigenvalue weighted by molar-refractivity contribution is -0.0663. The molecule has 2 atom stereocenters. The lowest BCUT2D eigenvalue weighted by Crippen LogP contribution is -2.54. The van der Waals surface area contributed by atoms with E-state index in [1.165, 1.54) is 10.4 Å². The van der Waals surface area contributed by atoms with Gasteiger partial charge in [0, 0.05) is 35.9 Å². The van der Waals surface area contributed by atoms with Crippen LogP contribution in [0.5, 0.6) is 0 Å². The highest BCUT2D eigenvalue weighted by Crippen LogP contribution is 2.45. The Kier molecular flexibility index (Phi) is 5.86. The van der Waals surface area contributed by atoms with Crippen LogP contribution in [0.2, 0.25) is 0 Å². The van der Waals surface area contributed by atoms with E-state index in [1.54, 1.807) is 17.6 Å². The van der Waals surface area contributed by atoms with Crippen LogP contribution in [0.25, 0.3) is 6.08 Å². The quantitative estimate of drug-likeness (QED) is 0.576. The van der Waals surface area contributed by atoms with Gasteiger partial charge >= 0.3 is 0 Å². The average molecular weight is 508 g/mol. The first kappa shape index (κ1) is 24.1. The number of halogens is 2. The molecular formula is C24H27F2N3O5S. The number of nitrogens with one attached hydrogen (secondary N) is 1. The number of hydrogen-bond acceptors (Lipinski definition) is 5. The Morgan fingerprint density at radius 1 is 1.20 bits per heavy atom. The second-order valence-electron chi connectivity index (χ2n) is 9.62. The Hall–Kier alpha value is -2.60. The monoisotopic (exact) mass is 507 g/mol. The molecule has 11 heteroatoms. The number of fused-ring (bicyclic) bond motifs is 3. The summed E-state index contributed by atoms with van der Waals surface area (Å²) in [5, 5.41) is 22.8. The molecule has 4 heterocycles. The number of amides is 1. The molecule has 5 rings (SSSR count). The van der Waals surface area contributed by atoms with Gasteiger partial charge in [-0.15, -0.1) is 0 Å². The van der Waals surface area contributed by atoms with E-state index in [4.69, 9.17) is 0 Å². The van der Waals surface area contributed by atoms with Crippen LogP contribution in [0, 0.1) is 18.6 Å². The van der Waals surface area contributed by atoms with Crippen LogP contribution in [0.1, 0.15) is 53.8 Å². The number of sulfonamides is 1. The van der Waals surface area contributed by atoms with Gasteiger partial charge in [-0.1, -0.05) is 6.08 Å². The zero-order chi connectivity index (χ0) is 25.1. The van der Waals surface area contributed by atoms with E-state index in [9.17, 15) is 32.2 Å². The smallest absolute Gasteiger partial charge is 0.272 e. The number of carbonyl (C=O) groups excluding carboxylic acids is 1. The van der Waals surface area contributed by atoms with Crippen LogP contribution in [0.4, 0.5) is 14.5 Å². The number of anilines is 1. The number of nitrogens with zero attached hydrogens (tertiary/aromatic N) is 2. The Morgan fingerprint density at radius 3 is 2.51 bits per heavy atom. The van der Waals surface area contributed by atoms with Crippen molar-refractivity contribution in [1.29, 1.82) is 0 Å². The Balaban J connectivity index is 1.55. The maximum Gasteiger partial charge on any atom is 0.272 e. The minimum absolute atomic E-state index is 0.0372. The SMILES string of the molecule is Cc1c(S(=O)(=O)N2C3CCC2CC(O)(CO)C3)c2n(c1C(=O)Nc1ccc(F)c(F)c1)CCC=C2. The van der Waals surface area contributed by atoms with Crippen molar-refractivity contribution in [1.82, 2.24) is 8.87 Å². The zero-order valence-electron chi connectivity index (χ0n) is 19.2. The van der Waals surface area contributed by atoms with Gasteiger partial charge in [0.15, 0.2) is 11.6 Å². The largest absolute Gasteiger partial charge is 0.393 e. The molecule has 35 heavy (non-hydrogen) atoms. The second kappa shape index (κ2) is 8.51. The van der Waals surface area contributed by atoms with Crippen LogP contribution >= 0.6 is 0 Å². The highest BCUT2D eigenvalue weighted by Gasteiger charge is 2.53. The van der Waals surface area contributed by atoms with E-state index in [2.05, 4.69) is 5.32 Å². The maximum absolute atomic E-state index is 14.0. The van der Waals surface area contributed by atoms with E-state index >= 15 is 0 Å². The van der Waals surface area contributed by atoms with Crippen LogP contribution in [0.15, 0.2) is 29.2 Å². The number of carbonyl (C=O) groups is 1. The van der Waals surface area contributed by atoms with Crippen molar-refractivity contribution in [3.05, 3.63) is 52.9 Å². The molecule has 1 aromatic heterocycles. The van der Waals surface area contributed by atoms with Gasteiger partial charge < -0.3 is 20.1 Å². The Labute approximate surface area is 201 Å². The summed E-state index contributed by atoms with van der Waals surface area (Å²) in [6, 6.07) is 2.12. The van der Waals surface area contributed by atoms with Crippen molar-refractivity contribution < 1.29 is 32.2 Å². The Bertz CT molecular complexity index is 1320. The van der Waals surface area contributed by atoms with Crippen molar-refractivity contribution in [2.45, 2.75) is 68.2 Å². The minimum atomic E-state index is -4.05. The molecule has 0 aliphatic carbocycles. The number of aliphatic hydroxyl groups is 2. The van der Waals surface area contributed by atoms with Gasteiger partial charge in [0.05, 0.1) is 17.9 Å². The fraction of sp³-hybridized carbons (Fsp3) is 0.458. The fourth-order valence-electron chi connectivity index (χ4n) is 5.83. The first-order valence-electron chi connectivity index (χ1n) is 11.6. The van der Waals surface area contributed by atoms with Gasteiger partial charge in [0.1, 0.15) is 10.6 Å². The Morgan fingerprint density at radius 2 is 1.89 bits per heavy atom. The van der Waals surface area contributed by atoms with Crippen molar-refractivity contribution in [3.8, 4) is 0 Å². The third kappa shape index (κ3) is 3.90. The lowest BCUT2D eigenvalue weighted by atomic mass is 9.88. The number of benzene rings is 1. The van der Waals surface area contributed by atoms with Crippen LogP contribution in [-0.4, -0.2) is 57.7 Å². The highest BCUT2D eigenvalue weighted by molar-refractivity contribution is 7.89. The second-order valence-corrected chi connectivity index (χ2v) is 11.4. The summed E-state index contributed by atoms with van der Waals surface area (Å²) < 4.78 is 58.1. The molecule has 1 amide bonds. The lowest BCUT2D eigenvalue weighted by Gasteiger charge is -2.42. The van der Waals surface area contributed by atoms with Gasteiger partial charge in [-0.2, -0.15) is 4.31 Å². The minimum Gasteiger partial charge on any atom is -0.393 e. The molecule has 3 aliphatic rings. The van der Waals surface area contributed by atoms with Crippen molar-refractivity contribution >= 4 is 27.7 Å². The number of hydrogen-bond donors (Lipinski definition) is 3. The summed E-state index contributed by atoms with van der Waals surface area (Å²) >= 11 is 0. The molecule has 188 valence electrons. The first-order chi connectivity index (χ1) is 16.6. The molecule has 3 aliphatic heterocycles. The average Bonchev–Trinajstić information content (AvgIpc) is 3.28. The van der Waals surface area contributed by atoms with Crippen molar-refractivity contribution in [2.75, 3.05) is 11.9 Å². The number of rotatable bonds is 5. The van der Waals surface area contributed by atoms with Crippen LogP contribution in [0.3, 0.4) is 0 Å². The summed E-state index contributed by atoms with van der Waals surface area (Å²) in [4.78, 5) is 13.3. The maximum atomic E-state index is 14.0. The van der Waals surface area contributed by atoms with E-state index in [-0.39, 0.29) is 34.7 Å². The summed E-state index contributed by atoms with van der Waals surface area (Å²) in [5.74, 6) is -2.77. The number of allylic oxidation sites excluding steroid dienone is 1. The van der Waals surface area contributed by atoms with Crippen LogP contribution < -0.4 is 5.32 Å². The molecule has 0 radical (unpaired) electrons. The van der Waals surface area contributed by atoms with Crippen LogP contribution in [-0.2, 0) is 16.6 Å². The molecule has 2 fully saturated rings. The number of aromatic nitrogens is 1.